The Bertz CT molecular complexity index is 957. The summed E-state index contributed by atoms with van der Waals surface area (Å²) in [6.07, 6.45) is 0. The molecule has 0 spiro atoms. The van der Waals surface area contributed by atoms with Gasteiger partial charge in [-0.15, -0.1) is 11.8 Å². The van der Waals surface area contributed by atoms with E-state index in [-0.39, 0.29) is 11.7 Å². The number of ketones is 1. The van der Waals surface area contributed by atoms with Crippen molar-refractivity contribution in [3.8, 4) is 5.75 Å². The molecular weight excluding hydrogens is 370 g/mol. The van der Waals surface area contributed by atoms with E-state index in [0.29, 0.717) is 34.9 Å². The van der Waals surface area contributed by atoms with Gasteiger partial charge in [0.2, 0.25) is 0 Å². The van der Waals surface area contributed by atoms with Crippen LogP contribution in [0.3, 0.4) is 0 Å². The van der Waals surface area contributed by atoms with Crippen LogP contribution in [0.5, 0.6) is 5.75 Å². The molecular formula is C23H21NO3S. The van der Waals surface area contributed by atoms with Gasteiger partial charge in [-0.1, -0.05) is 48.5 Å². The highest BCUT2D eigenvalue weighted by atomic mass is 32.2. The molecule has 0 heterocycles. The van der Waals surface area contributed by atoms with E-state index in [0.717, 1.165) is 4.90 Å². The van der Waals surface area contributed by atoms with E-state index >= 15 is 0 Å². The summed E-state index contributed by atoms with van der Waals surface area (Å²) in [6.45, 7) is 2.42. The van der Waals surface area contributed by atoms with Gasteiger partial charge in [0.25, 0.3) is 5.91 Å². The van der Waals surface area contributed by atoms with Crippen molar-refractivity contribution >= 4 is 29.1 Å². The standard InChI is InChI=1S/C23H21NO3S/c1-2-27-22-14-7-6-13-20(22)24-23(26)18-11-8-12-19(15-18)28-16-21(25)17-9-4-3-5-10-17/h3-15H,2,16H2,1H3,(H,24,26). The molecule has 3 aromatic rings. The monoisotopic (exact) mass is 391 g/mol. The highest BCUT2D eigenvalue weighted by Gasteiger charge is 2.11. The lowest BCUT2D eigenvalue weighted by atomic mass is 10.2. The van der Waals surface area contributed by atoms with E-state index in [9.17, 15) is 9.59 Å². The Kier molecular flexibility index (Phi) is 6.87. The number of para-hydroxylation sites is 2. The number of anilines is 1. The van der Waals surface area contributed by atoms with Gasteiger partial charge in [0, 0.05) is 16.0 Å². The number of nitrogens with one attached hydrogen (secondary N) is 1. The number of hydrogen-bond acceptors (Lipinski definition) is 4. The first-order chi connectivity index (χ1) is 13.7. The summed E-state index contributed by atoms with van der Waals surface area (Å²) >= 11 is 1.42. The predicted molar refractivity (Wildman–Crippen MR) is 114 cm³/mol. The molecule has 0 aliphatic heterocycles. The van der Waals surface area contributed by atoms with Crippen molar-refractivity contribution in [1.29, 1.82) is 0 Å². The molecule has 0 bridgehead atoms. The zero-order valence-corrected chi connectivity index (χ0v) is 16.4. The fourth-order valence-electron chi connectivity index (χ4n) is 2.63. The molecule has 0 unspecified atom stereocenters. The second-order valence-corrected chi connectivity index (χ2v) is 7.04. The highest BCUT2D eigenvalue weighted by molar-refractivity contribution is 8.00. The molecule has 142 valence electrons. The molecule has 28 heavy (non-hydrogen) atoms. The number of benzene rings is 3. The lowest BCUT2D eigenvalue weighted by Crippen LogP contribution is -2.13. The Morgan fingerprint density at radius 3 is 2.39 bits per heavy atom. The molecule has 3 aromatic carbocycles. The van der Waals surface area contributed by atoms with Gasteiger partial charge in [0.05, 0.1) is 18.0 Å². The first-order valence-corrected chi connectivity index (χ1v) is 10.00. The largest absolute Gasteiger partial charge is 0.492 e. The van der Waals surface area contributed by atoms with E-state index in [1.807, 2.05) is 67.6 Å². The Hall–Kier alpha value is -3.05. The van der Waals surface area contributed by atoms with Crippen LogP contribution in [0.25, 0.3) is 0 Å². The van der Waals surface area contributed by atoms with E-state index in [4.69, 9.17) is 4.74 Å². The van der Waals surface area contributed by atoms with Crippen molar-refractivity contribution in [2.75, 3.05) is 17.7 Å². The SMILES string of the molecule is CCOc1ccccc1NC(=O)c1cccc(SCC(=O)c2ccccc2)c1. The van der Waals surface area contributed by atoms with Gasteiger partial charge >= 0.3 is 0 Å². The van der Waals surface area contributed by atoms with Crippen molar-refractivity contribution in [2.24, 2.45) is 0 Å². The molecule has 0 radical (unpaired) electrons. The lowest BCUT2D eigenvalue weighted by molar-refractivity contribution is 0.101. The molecule has 4 nitrogen and oxygen atoms in total. The topological polar surface area (TPSA) is 55.4 Å². The number of amides is 1. The van der Waals surface area contributed by atoms with Crippen LogP contribution >= 0.6 is 11.8 Å². The summed E-state index contributed by atoms with van der Waals surface area (Å²) in [5.74, 6) is 0.801. The average molecular weight is 391 g/mol. The number of ether oxygens (including phenoxy) is 1. The third kappa shape index (κ3) is 5.24. The summed E-state index contributed by atoms with van der Waals surface area (Å²) in [7, 11) is 0. The minimum absolute atomic E-state index is 0.0612. The van der Waals surface area contributed by atoms with Crippen molar-refractivity contribution < 1.29 is 14.3 Å². The second kappa shape index (κ2) is 9.76. The van der Waals surface area contributed by atoms with E-state index in [2.05, 4.69) is 5.32 Å². The van der Waals surface area contributed by atoms with Crippen LogP contribution in [-0.4, -0.2) is 24.1 Å². The Morgan fingerprint density at radius 1 is 0.893 bits per heavy atom. The molecule has 0 saturated heterocycles. The maximum atomic E-state index is 12.6. The van der Waals surface area contributed by atoms with E-state index < -0.39 is 0 Å². The van der Waals surface area contributed by atoms with Crippen LogP contribution in [0.15, 0.2) is 83.8 Å². The zero-order valence-electron chi connectivity index (χ0n) is 15.6. The number of carbonyl (C=O) groups excluding carboxylic acids is 2. The molecule has 1 amide bonds. The number of hydrogen-bond donors (Lipinski definition) is 1. The molecule has 0 atom stereocenters. The van der Waals surface area contributed by atoms with Crippen molar-refractivity contribution in [3.05, 3.63) is 90.0 Å². The summed E-state index contributed by atoms with van der Waals surface area (Å²) in [5.41, 5.74) is 1.85. The third-order valence-electron chi connectivity index (χ3n) is 4.00. The van der Waals surface area contributed by atoms with Crippen molar-refractivity contribution in [1.82, 2.24) is 0 Å². The van der Waals surface area contributed by atoms with Crippen LogP contribution in [0.1, 0.15) is 27.6 Å². The minimum atomic E-state index is -0.219. The average Bonchev–Trinajstić information content (AvgIpc) is 2.74. The molecule has 1 N–H and O–H groups in total. The first kappa shape index (κ1) is 19.7. The van der Waals surface area contributed by atoms with Crippen LogP contribution in [-0.2, 0) is 0 Å². The minimum Gasteiger partial charge on any atom is -0.492 e. The zero-order chi connectivity index (χ0) is 19.8. The fraction of sp³-hybridized carbons (Fsp3) is 0.130. The van der Waals surface area contributed by atoms with Crippen LogP contribution in [0.2, 0.25) is 0 Å². The molecule has 0 saturated carbocycles. The molecule has 0 aromatic heterocycles. The van der Waals surface area contributed by atoms with Crippen LogP contribution in [0, 0.1) is 0 Å². The maximum Gasteiger partial charge on any atom is 0.255 e. The first-order valence-electron chi connectivity index (χ1n) is 9.01. The maximum absolute atomic E-state index is 12.6. The number of Topliss-reactive ketones (excluding diaryl/α,β-unsaturated/α-hetero) is 1. The van der Waals surface area contributed by atoms with Gasteiger partial charge in [-0.25, -0.2) is 0 Å². The molecule has 0 fully saturated rings. The van der Waals surface area contributed by atoms with Crippen LogP contribution < -0.4 is 10.1 Å². The Labute approximate surface area is 168 Å². The van der Waals surface area contributed by atoms with Gasteiger partial charge < -0.3 is 10.1 Å². The summed E-state index contributed by atoms with van der Waals surface area (Å²) in [5, 5.41) is 2.89. The molecule has 0 aliphatic rings. The quantitative estimate of drug-likeness (QED) is 0.417. The number of thioether (sulfide) groups is 1. The molecule has 3 rings (SSSR count). The summed E-state index contributed by atoms with van der Waals surface area (Å²) in [6, 6.07) is 23.8. The normalized spacial score (nSPS) is 10.3. The van der Waals surface area contributed by atoms with Gasteiger partial charge in [0.1, 0.15) is 5.75 Å². The van der Waals surface area contributed by atoms with E-state index in [1.54, 1.807) is 18.2 Å². The Morgan fingerprint density at radius 2 is 1.61 bits per heavy atom. The van der Waals surface area contributed by atoms with Gasteiger partial charge in [-0.05, 0) is 37.3 Å². The predicted octanol–water partition coefficient (Wildman–Crippen LogP) is 5.31. The third-order valence-corrected chi connectivity index (χ3v) is 4.99. The molecule has 0 aliphatic carbocycles. The second-order valence-electron chi connectivity index (χ2n) is 5.99. The van der Waals surface area contributed by atoms with Crippen LogP contribution in [0.4, 0.5) is 5.69 Å². The van der Waals surface area contributed by atoms with Gasteiger partial charge in [0.15, 0.2) is 5.78 Å². The number of rotatable bonds is 8. The smallest absolute Gasteiger partial charge is 0.255 e. The van der Waals surface area contributed by atoms with Crippen molar-refractivity contribution in [3.63, 3.8) is 0 Å². The Balaban J connectivity index is 1.66. The van der Waals surface area contributed by atoms with Crippen molar-refractivity contribution in [2.45, 2.75) is 11.8 Å². The summed E-state index contributed by atoms with van der Waals surface area (Å²) in [4.78, 5) is 25.8. The lowest BCUT2D eigenvalue weighted by Gasteiger charge is -2.11. The molecule has 5 heteroatoms. The van der Waals surface area contributed by atoms with Gasteiger partial charge in [-0.2, -0.15) is 0 Å². The number of carbonyl (C=O) groups is 2. The van der Waals surface area contributed by atoms with E-state index in [1.165, 1.54) is 11.8 Å². The highest BCUT2D eigenvalue weighted by Crippen LogP contribution is 2.25. The fourth-order valence-corrected chi connectivity index (χ4v) is 3.48. The summed E-state index contributed by atoms with van der Waals surface area (Å²) < 4.78 is 5.55. The van der Waals surface area contributed by atoms with Gasteiger partial charge in [-0.3, -0.25) is 9.59 Å².